The van der Waals surface area contributed by atoms with E-state index in [4.69, 9.17) is 5.73 Å². The van der Waals surface area contributed by atoms with Crippen LogP contribution in [-0.4, -0.2) is 40.4 Å². The van der Waals surface area contributed by atoms with E-state index in [1.807, 2.05) is 32.0 Å². The van der Waals surface area contributed by atoms with Gasteiger partial charge >= 0.3 is 0 Å². The summed E-state index contributed by atoms with van der Waals surface area (Å²) in [5.41, 5.74) is 9.54. The number of carbonyl (C=O) groups is 1. The average molecular weight is 339 g/mol. The third-order valence-electron chi connectivity index (χ3n) is 4.68. The molecule has 0 spiro atoms. The van der Waals surface area contributed by atoms with Crippen LogP contribution < -0.4 is 11.1 Å². The molecule has 2 aromatic rings. The van der Waals surface area contributed by atoms with Crippen LogP contribution in [0.25, 0.3) is 0 Å². The molecule has 1 aliphatic heterocycles. The second-order valence-electron chi connectivity index (χ2n) is 6.87. The molecule has 6 heteroatoms. The van der Waals surface area contributed by atoms with Gasteiger partial charge in [0.25, 0.3) is 5.91 Å². The number of aromatic nitrogens is 2. The number of anilines is 1. The highest BCUT2D eigenvalue weighted by atomic mass is 16.1. The van der Waals surface area contributed by atoms with Gasteiger partial charge in [0.1, 0.15) is 0 Å². The van der Waals surface area contributed by atoms with E-state index >= 15 is 0 Å². The molecule has 0 bridgehead atoms. The summed E-state index contributed by atoms with van der Waals surface area (Å²) in [4.78, 5) is 22.8. The molecule has 0 saturated carbocycles. The Hall–Kier alpha value is -2.47. The Bertz CT molecular complexity index is 744. The van der Waals surface area contributed by atoms with E-state index in [1.54, 1.807) is 12.4 Å². The van der Waals surface area contributed by atoms with Crippen molar-refractivity contribution in [2.24, 2.45) is 5.92 Å². The zero-order valence-electron chi connectivity index (χ0n) is 14.8. The average Bonchev–Trinajstić information content (AvgIpc) is 3.02. The van der Waals surface area contributed by atoms with Gasteiger partial charge in [0.2, 0.25) is 5.95 Å². The van der Waals surface area contributed by atoms with Gasteiger partial charge in [-0.2, -0.15) is 0 Å². The van der Waals surface area contributed by atoms with Gasteiger partial charge in [-0.1, -0.05) is 17.7 Å². The second kappa shape index (κ2) is 7.61. The van der Waals surface area contributed by atoms with Gasteiger partial charge in [-0.05, 0) is 44.4 Å². The van der Waals surface area contributed by atoms with E-state index < -0.39 is 0 Å². The van der Waals surface area contributed by atoms with Crippen LogP contribution in [0.15, 0.2) is 30.6 Å². The summed E-state index contributed by atoms with van der Waals surface area (Å²) in [5.74, 6) is 0.796. The lowest BCUT2D eigenvalue weighted by Gasteiger charge is -2.16. The minimum Gasteiger partial charge on any atom is -0.368 e. The van der Waals surface area contributed by atoms with Crippen LogP contribution in [-0.2, 0) is 6.54 Å². The molecule has 1 saturated heterocycles. The van der Waals surface area contributed by atoms with Crippen molar-refractivity contribution >= 4 is 11.9 Å². The summed E-state index contributed by atoms with van der Waals surface area (Å²) in [5, 5.41) is 3.09. The van der Waals surface area contributed by atoms with Crippen molar-refractivity contribution in [2.75, 3.05) is 25.4 Å². The molecule has 0 aliphatic carbocycles. The lowest BCUT2D eigenvalue weighted by molar-refractivity contribution is 0.0946. The van der Waals surface area contributed by atoms with Crippen molar-refractivity contribution in [2.45, 2.75) is 26.8 Å². The predicted molar refractivity (Wildman–Crippen MR) is 98.1 cm³/mol. The van der Waals surface area contributed by atoms with Gasteiger partial charge in [-0.25, -0.2) is 9.97 Å². The lowest BCUT2D eigenvalue weighted by atomic mass is 10.0. The van der Waals surface area contributed by atoms with Gasteiger partial charge in [0.05, 0.1) is 0 Å². The maximum Gasteiger partial charge on any atom is 0.251 e. The molecule has 1 fully saturated rings. The number of hydrogen-bond donors (Lipinski definition) is 2. The molecule has 1 aromatic heterocycles. The SMILES string of the molecule is Cc1ccc(C(=O)NC[C@H]2CCN(Cc3cnc(N)nc3)C2)c(C)c1. The van der Waals surface area contributed by atoms with Crippen LogP contribution in [0.4, 0.5) is 5.95 Å². The van der Waals surface area contributed by atoms with Crippen LogP contribution in [0, 0.1) is 19.8 Å². The number of hydrogen-bond acceptors (Lipinski definition) is 5. The van der Waals surface area contributed by atoms with Gasteiger partial charge in [0, 0.05) is 43.2 Å². The molecule has 1 atom stereocenters. The fourth-order valence-corrected chi connectivity index (χ4v) is 3.33. The fraction of sp³-hybridized carbons (Fsp3) is 0.421. The number of aryl methyl sites for hydroxylation is 2. The van der Waals surface area contributed by atoms with Crippen molar-refractivity contribution in [3.05, 3.63) is 52.8 Å². The zero-order chi connectivity index (χ0) is 17.8. The van der Waals surface area contributed by atoms with Gasteiger partial charge in [-0.15, -0.1) is 0 Å². The number of nitrogens with two attached hydrogens (primary N) is 1. The molecule has 1 amide bonds. The Balaban J connectivity index is 1.48. The van der Waals surface area contributed by atoms with Crippen LogP contribution in [0.1, 0.15) is 33.5 Å². The lowest BCUT2D eigenvalue weighted by Crippen LogP contribution is -2.31. The summed E-state index contributed by atoms with van der Waals surface area (Å²) in [6.45, 7) is 7.54. The number of nitrogen functional groups attached to an aromatic ring is 1. The number of benzene rings is 1. The molecule has 6 nitrogen and oxygen atoms in total. The molecule has 132 valence electrons. The summed E-state index contributed by atoms with van der Waals surface area (Å²) in [7, 11) is 0. The number of likely N-dealkylation sites (tertiary alicyclic amines) is 1. The van der Waals surface area contributed by atoms with Gasteiger partial charge in [0.15, 0.2) is 0 Å². The third kappa shape index (κ3) is 4.54. The zero-order valence-corrected chi connectivity index (χ0v) is 14.8. The van der Waals surface area contributed by atoms with Crippen molar-refractivity contribution in [1.29, 1.82) is 0 Å². The molecule has 0 radical (unpaired) electrons. The standard InChI is InChI=1S/C19H25N5O/c1-13-3-4-17(14(2)7-13)18(25)21-8-15-5-6-24(11-15)12-16-9-22-19(20)23-10-16/h3-4,7,9-10,15H,5-6,8,11-12H2,1-2H3,(H,21,25)(H2,20,22,23)/t15-/m1/s1. The van der Waals surface area contributed by atoms with E-state index in [1.165, 1.54) is 5.56 Å². The normalized spacial score (nSPS) is 17.6. The van der Waals surface area contributed by atoms with E-state index in [-0.39, 0.29) is 5.91 Å². The molecule has 1 aromatic carbocycles. The first kappa shape index (κ1) is 17.4. The molecule has 3 N–H and O–H groups in total. The highest BCUT2D eigenvalue weighted by molar-refractivity contribution is 5.95. The van der Waals surface area contributed by atoms with Crippen LogP contribution in [0.3, 0.4) is 0 Å². The number of carbonyl (C=O) groups excluding carboxylic acids is 1. The Labute approximate surface area is 148 Å². The first-order valence-corrected chi connectivity index (χ1v) is 8.65. The minimum atomic E-state index is 0.0166. The number of rotatable bonds is 5. The molecule has 25 heavy (non-hydrogen) atoms. The third-order valence-corrected chi connectivity index (χ3v) is 4.68. The first-order chi connectivity index (χ1) is 12.0. The van der Waals surface area contributed by atoms with Crippen molar-refractivity contribution < 1.29 is 4.79 Å². The maximum absolute atomic E-state index is 12.4. The Kier molecular flexibility index (Phi) is 5.28. The number of amides is 1. The summed E-state index contributed by atoms with van der Waals surface area (Å²) < 4.78 is 0. The predicted octanol–water partition coefficient (Wildman–Crippen LogP) is 1.93. The molecule has 2 heterocycles. The van der Waals surface area contributed by atoms with Crippen LogP contribution >= 0.6 is 0 Å². The fourth-order valence-electron chi connectivity index (χ4n) is 3.33. The summed E-state index contributed by atoms with van der Waals surface area (Å²) >= 11 is 0. The molecule has 1 aliphatic rings. The number of nitrogens with zero attached hydrogens (tertiary/aromatic N) is 3. The molecule has 0 unspecified atom stereocenters. The van der Waals surface area contributed by atoms with Gasteiger partial charge < -0.3 is 11.1 Å². The Morgan fingerprint density at radius 3 is 2.80 bits per heavy atom. The van der Waals surface area contributed by atoms with Crippen molar-refractivity contribution in [3.8, 4) is 0 Å². The van der Waals surface area contributed by atoms with E-state index in [0.29, 0.717) is 18.4 Å². The van der Waals surface area contributed by atoms with Crippen LogP contribution in [0.5, 0.6) is 0 Å². The highest BCUT2D eigenvalue weighted by Gasteiger charge is 2.23. The van der Waals surface area contributed by atoms with Crippen LogP contribution in [0.2, 0.25) is 0 Å². The van der Waals surface area contributed by atoms with Crippen molar-refractivity contribution in [1.82, 2.24) is 20.2 Å². The summed E-state index contributed by atoms with van der Waals surface area (Å²) in [6.07, 6.45) is 4.64. The van der Waals surface area contributed by atoms with E-state index in [9.17, 15) is 4.79 Å². The number of nitrogens with one attached hydrogen (secondary N) is 1. The summed E-state index contributed by atoms with van der Waals surface area (Å²) in [6, 6.07) is 5.93. The Morgan fingerprint density at radius 2 is 2.08 bits per heavy atom. The Morgan fingerprint density at radius 1 is 1.32 bits per heavy atom. The van der Waals surface area contributed by atoms with E-state index in [2.05, 4.69) is 20.2 Å². The maximum atomic E-state index is 12.4. The second-order valence-corrected chi connectivity index (χ2v) is 6.87. The topological polar surface area (TPSA) is 84.1 Å². The first-order valence-electron chi connectivity index (χ1n) is 8.65. The smallest absolute Gasteiger partial charge is 0.251 e. The molecule has 3 rings (SSSR count). The largest absolute Gasteiger partial charge is 0.368 e. The monoisotopic (exact) mass is 339 g/mol. The van der Waals surface area contributed by atoms with Crippen molar-refractivity contribution in [3.63, 3.8) is 0 Å². The molecular formula is C19H25N5O. The van der Waals surface area contributed by atoms with E-state index in [0.717, 1.165) is 42.7 Å². The van der Waals surface area contributed by atoms with Gasteiger partial charge in [-0.3, -0.25) is 9.69 Å². The quantitative estimate of drug-likeness (QED) is 0.869. The molecular weight excluding hydrogens is 314 g/mol. The highest BCUT2D eigenvalue weighted by Crippen LogP contribution is 2.18. The minimum absolute atomic E-state index is 0.0166.